The van der Waals surface area contributed by atoms with Gasteiger partial charge in [-0.3, -0.25) is 0 Å². The van der Waals surface area contributed by atoms with Gasteiger partial charge in [0.15, 0.2) is 0 Å². The molecule has 0 fully saturated rings. The molecule has 142 valence electrons. The molecule has 5 nitrogen and oxygen atoms in total. The molecule has 0 bridgehead atoms. The molecule has 3 heterocycles. The highest BCUT2D eigenvalue weighted by Crippen LogP contribution is 2.22. The van der Waals surface area contributed by atoms with Crippen LogP contribution in [0.3, 0.4) is 0 Å². The highest BCUT2D eigenvalue weighted by molar-refractivity contribution is 5.79. The monoisotopic (exact) mass is 379 g/mol. The smallest absolute Gasteiger partial charge is 0.223 e. The first kappa shape index (κ1) is 18.0. The Morgan fingerprint density at radius 1 is 1.00 bits per heavy atom. The Bertz CT molecular complexity index is 1070. The third-order valence-corrected chi connectivity index (χ3v) is 4.67. The van der Waals surface area contributed by atoms with Gasteiger partial charge >= 0.3 is 0 Å². The van der Waals surface area contributed by atoms with Crippen molar-refractivity contribution in [2.24, 2.45) is 0 Å². The van der Waals surface area contributed by atoms with Gasteiger partial charge in [0.25, 0.3) is 0 Å². The molecule has 7 heteroatoms. The molecule has 0 saturated heterocycles. The number of pyridine rings is 1. The lowest BCUT2D eigenvalue weighted by atomic mass is 10.0. The number of benzene rings is 1. The molecule has 4 aromatic rings. The van der Waals surface area contributed by atoms with Crippen LogP contribution < -0.4 is 5.32 Å². The van der Waals surface area contributed by atoms with E-state index in [1.165, 1.54) is 24.4 Å². The molecule has 0 amide bonds. The van der Waals surface area contributed by atoms with Gasteiger partial charge < -0.3 is 10.3 Å². The van der Waals surface area contributed by atoms with Crippen LogP contribution in [0.5, 0.6) is 0 Å². The summed E-state index contributed by atoms with van der Waals surface area (Å²) >= 11 is 0. The summed E-state index contributed by atoms with van der Waals surface area (Å²) in [4.78, 5) is 15.9. The highest BCUT2D eigenvalue weighted by Gasteiger charge is 2.12. The first-order valence-electron chi connectivity index (χ1n) is 9.07. The van der Waals surface area contributed by atoms with E-state index in [9.17, 15) is 8.78 Å². The number of anilines is 1. The van der Waals surface area contributed by atoms with Gasteiger partial charge in [-0.2, -0.15) is 0 Å². The average molecular weight is 379 g/mol. The van der Waals surface area contributed by atoms with Crippen LogP contribution in [0.15, 0.2) is 55.1 Å². The third kappa shape index (κ3) is 3.83. The van der Waals surface area contributed by atoms with Gasteiger partial charge in [-0.1, -0.05) is 19.1 Å². The molecule has 1 unspecified atom stereocenters. The first-order chi connectivity index (χ1) is 13.6. The molecule has 0 aliphatic heterocycles. The lowest BCUT2D eigenvalue weighted by Crippen LogP contribution is -2.12. The number of nitrogens with one attached hydrogen (secondary N) is 2. The fourth-order valence-corrected chi connectivity index (χ4v) is 3.19. The van der Waals surface area contributed by atoms with Crippen molar-refractivity contribution in [1.82, 2.24) is 19.9 Å². The van der Waals surface area contributed by atoms with E-state index in [1.54, 1.807) is 24.5 Å². The molecule has 4 rings (SSSR count). The van der Waals surface area contributed by atoms with Gasteiger partial charge in [0.05, 0.1) is 12.2 Å². The molecule has 0 radical (unpaired) electrons. The second kappa shape index (κ2) is 7.72. The Morgan fingerprint density at radius 3 is 2.46 bits per heavy atom. The van der Waals surface area contributed by atoms with Crippen molar-refractivity contribution in [3.05, 3.63) is 83.4 Å². The quantitative estimate of drug-likeness (QED) is 0.506. The minimum absolute atomic E-state index is 0.00545. The zero-order valence-electron chi connectivity index (χ0n) is 15.3. The number of H-pyrrole nitrogens is 1. The lowest BCUT2D eigenvalue weighted by molar-refractivity contribution is 0.624. The van der Waals surface area contributed by atoms with Gasteiger partial charge in [0.2, 0.25) is 5.95 Å². The van der Waals surface area contributed by atoms with Crippen LogP contribution in [0.1, 0.15) is 36.1 Å². The van der Waals surface area contributed by atoms with Crippen LogP contribution >= 0.6 is 0 Å². The fourth-order valence-electron chi connectivity index (χ4n) is 3.19. The van der Waals surface area contributed by atoms with Crippen LogP contribution in [-0.2, 0) is 6.42 Å². The van der Waals surface area contributed by atoms with Crippen molar-refractivity contribution in [1.29, 1.82) is 0 Å². The van der Waals surface area contributed by atoms with Crippen molar-refractivity contribution in [3.63, 3.8) is 0 Å². The van der Waals surface area contributed by atoms with E-state index in [4.69, 9.17) is 0 Å². The Hall–Kier alpha value is -3.35. The van der Waals surface area contributed by atoms with E-state index in [-0.39, 0.29) is 17.7 Å². The van der Waals surface area contributed by atoms with E-state index >= 15 is 0 Å². The van der Waals surface area contributed by atoms with Gasteiger partial charge in [0, 0.05) is 30.4 Å². The number of rotatable bonds is 6. The number of aromatic nitrogens is 4. The maximum Gasteiger partial charge on any atom is 0.223 e. The van der Waals surface area contributed by atoms with E-state index in [0.717, 1.165) is 28.5 Å². The second-order valence-electron chi connectivity index (χ2n) is 6.61. The minimum Gasteiger partial charge on any atom is -0.347 e. The standard InChI is InChI=1S/C21H19F2N5/c1-2-19(14-3-5-16(22)6-4-14)28-21-26-9-13(10-27-21)7-15-11-24-20-18(15)8-17(23)12-25-20/h3-6,8-12,19H,2,7H2,1H3,(H,24,25)(H,26,27,28). The average Bonchev–Trinajstić information content (AvgIpc) is 3.10. The second-order valence-corrected chi connectivity index (χ2v) is 6.61. The summed E-state index contributed by atoms with van der Waals surface area (Å²) in [6.45, 7) is 2.04. The summed E-state index contributed by atoms with van der Waals surface area (Å²) < 4.78 is 26.6. The fraction of sp³-hybridized carbons (Fsp3) is 0.190. The van der Waals surface area contributed by atoms with Crippen molar-refractivity contribution >= 4 is 17.0 Å². The van der Waals surface area contributed by atoms with E-state index in [1.807, 2.05) is 13.1 Å². The van der Waals surface area contributed by atoms with Crippen molar-refractivity contribution < 1.29 is 8.78 Å². The number of halogens is 2. The van der Waals surface area contributed by atoms with Crippen molar-refractivity contribution in [3.8, 4) is 0 Å². The van der Waals surface area contributed by atoms with Crippen LogP contribution in [0.2, 0.25) is 0 Å². The zero-order valence-corrected chi connectivity index (χ0v) is 15.3. The molecule has 1 aromatic carbocycles. The van der Waals surface area contributed by atoms with Gasteiger partial charge in [-0.15, -0.1) is 0 Å². The summed E-state index contributed by atoms with van der Waals surface area (Å²) in [6.07, 6.45) is 7.89. The molecule has 28 heavy (non-hydrogen) atoms. The molecule has 0 aliphatic carbocycles. The Balaban J connectivity index is 1.48. The maximum atomic E-state index is 13.5. The van der Waals surface area contributed by atoms with Crippen LogP contribution in [0, 0.1) is 11.6 Å². The SMILES string of the molecule is CCC(Nc1ncc(Cc2c[nH]c3ncc(F)cc23)cn1)c1ccc(F)cc1. The molecule has 1 atom stereocenters. The minimum atomic E-state index is -0.365. The molecule has 2 N–H and O–H groups in total. The highest BCUT2D eigenvalue weighted by atomic mass is 19.1. The normalized spacial score (nSPS) is 12.2. The molecule has 0 spiro atoms. The van der Waals surface area contributed by atoms with Crippen LogP contribution in [0.4, 0.5) is 14.7 Å². The van der Waals surface area contributed by atoms with Gasteiger partial charge in [0.1, 0.15) is 17.3 Å². The van der Waals surface area contributed by atoms with E-state index in [0.29, 0.717) is 18.0 Å². The summed E-state index contributed by atoms with van der Waals surface area (Å²) in [5.74, 6) is -0.117. The summed E-state index contributed by atoms with van der Waals surface area (Å²) in [6, 6.07) is 7.88. The predicted octanol–water partition coefficient (Wildman–Crippen LogP) is 4.79. The predicted molar refractivity (Wildman–Crippen MR) is 104 cm³/mol. The Morgan fingerprint density at radius 2 is 1.75 bits per heavy atom. The first-order valence-corrected chi connectivity index (χ1v) is 9.07. The number of fused-ring (bicyclic) bond motifs is 1. The van der Waals surface area contributed by atoms with Crippen molar-refractivity contribution in [2.45, 2.75) is 25.8 Å². The number of aromatic amines is 1. The number of hydrogen-bond acceptors (Lipinski definition) is 4. The van der Waals surface area contributed by atoms with Crippen LogP contribution in [0.25, 0.3) is 11.0 Å². The maximum absolute atomic E-state index is 13.5. The molecular weight excluding hydrogens is 360 g/mol. The largest absolute Gasteiger partial charge is 0.347 e. The molecule has 0 saturated carbocycles. The molecule has 0 aliphatic rings. The summed E-state index contributed by atoms with van der Waals surface area (Å²) in [5.41, 5.74) is 3.47. The third-order valence-electron chi connectivity index (χ3n) is 4.67. The summed E-state index contributed by atoms with van der Waals surface area (Å²) in [7, 11) is 0. The van der Waals surface area contributed by atoms with E-state index in [2.05, 4.69) is 25.3 Å². The lowest BCUT2D eigenvalue weighted by Gasteiger charge is -2.17. The Kier molecular flexibility index (Phi) is 4.97. The Labute approximate surface area is 160 Å². The molecular formula is C21H19F2N5. The van der Waals surface area contributed by atoms with E-state index < -0.39 is 0 Å². The number of hydrogen-bond donors (Lipinski definition) is 2. The molecule has 3 aromatic heterocycles. The van der Waals surface area contributed by atoms with Crippen LogP contribution in [-0.4, -0.2) is 19.9 Å². The topological polar surface area (TPSA) is 66.5 Å². The van der Waals surface area contributed by atoms with Crippen molar-refractivity contribution in [2.75, 3.05) is 5.32 Å². The number of nitrogens with zero attached hydrogens (tertiary/aromatic N) is 3. The van der Waals surface area contributed by atoms with Gasteiger partial charge in [-0.25, -0.2) is 23.7 Å². The zero-order chi connectivity index (χ0) is 19.5. The summed E-state index contributed by atoms with van der Waals surface area (Å²) in [5, 5.41) is 4.03. The van der Waals surface area contributed by atoms with Gasteiger partial charge in [-0.05, 0) is 41.3 Å².